The Hall–Kier alpha value is -1.35. The zero-order chi connectivity index (χ0) is 11.7. The highest BCUT2D eigenvalue weighted by atomic mass is 14.9. The van der Waals surface area contributed by atoms with E-state index in [9.17, 15) is 0 Å². The molecule has 2 rings (SSSR count). The zero-order valence-electron chi connectivity index (χ0n) is 10.2. The van der Waals surface area contributed by atoms with Gasteiger partial charge in [0.15, 0.2) is 0 Å². The molecule has 86 valence electrons. The Labute approximate surface area is 96.1 Å². The Morgan fingerprint density at radius 3 is 2.62 bits per heavy atom. The fourth-order valence-corrected chi connectivity index (χ4v) is 1.95. The van der Waals surface area contributed by atoms with Crippen molar-refractivity contribution in [3.63, 3.8) is 0 Å². The summed E-state index contributed by atoms with van der Waals surface area (Å²) in [5, 5.41) is 0. The van der Waals surface area contributed by atoms with E-state index < -0.39 is 0 Å². The standard InChI is InChI=1S/C13H19N3/c1-4-10(7-14)13-15-11-5-8(2)9(3)6-12(11)16-13/h5-6,10H,4,7,14H2,1-3H3,(H,15,16). The first-order valence-electron chi connectivity index (χ1n) is 5.82. The van der Waals surface area contributed by atoms with E-state index in [1.807, 2.05) is 0 Å². The van der Waals surface area contributed by atoms with E-state index >= 15 is 0 Å². The van der Waals surface area contributed by atoms with Gasteiger partial charge < -0.3 is 10.7 Å². The van der Waals surface area contributed by atoms with Crippen LogP contribution in [-0.4, -0.2) is 16.5 Å². The van der Waals surface area contributed by atoms with Gasteiger partial charge in [-0.15, -0.1) is 0 Å². The van der Waals surface area contributed by atoms with Crippen molar-refractivity contribution in [2.45, 2.75) is 33.1 Å². The predicted molar refractivity (Wildman–Crippen MR) is 67.7 cm³/mol. The number of H-pyrrole nitrogens is 1. The van der Waals surface area contributed by atoms with Crippen molar-refractivity contribution < 1.29 is 0 Å². The van der Waals surface area contributed by atoms with Crippen molar-refractivity contribution in [2.24, 2.45) is 5.73 Å². The number of nitrogens with two attached hydrogens (primary N) is 1. The molecule has 3 nitrogen and oxygen atoms in total. The molecular weight excluding hydrogens is 198 g/mol. The van der Waals surface area contributed by atoms with E-state index in [0.29, 0.717) is 12.5 Å². The van der Waals surface area contributed by atoms with Crippen molar-refractivity contribution in [3.05, 3.63) is 29.1 Å². The number of nitrogens with zero attached hydrogens (tertiary/aromatic N) is 1. The quantitative estimate of drug-likeness (QED) is 0.830. The maximum absolute atomic E-state index is 5.74. The van der Waals surface area contributed by atoms with Gasteiger partial charge in [-0.3, -0.25) is 0 Å². The van der Waals surface area contributed by atoms with Crippen LogP contribution < -0.4 is 5.73 Å². The smallest absolute Gasteiger partial charge is 0.111 e. The number of fused-ring (bicyclic) bond motifs is 1. The molecular formula is C13H19N3. The second-order valence-corrected chi connectivity index (χ2v) is 4.42. The average molecular weight is 217 g/mol. The molecule has 0 aliphatic carbocycles. The largest absolute Gasteiger partial charge is 0.342 e. The van der Waals surface area contributed by atoms with Gasteiger partial charge in [0.25, 0.3) is 0 Å². The number of hydrogen-bond acceptors (Lipinski definition) is 2. The maximum Gasteiger partial charge on any atom is 0.111 e. The molecule has 3 heteroatoms. The molecule has 1 unspecified atom stereocenters. The Kier molecular flexibility index (Phi) is 2.97. The number of aryl methyl sites for hydroxylation is 2. The van der Waals surface area contributed by atoms with E-state index in [1.165, 1.54) is 11.1 Å². The highest BCUT2D eigenvalue weighted by molar-refractivity contribution is 5.77. The first-order chi connectivity index (χ1) is 7.65. The third kappa shape index (κ3) is 1.83. The highest BCUT2D eigenvalue weighted by Gasteiger charge is 2.12. The van der Waals surface area contributed by atoms with Crippen molar-refractivity contribution in [1.29, 1.82) is 0 Å². The summed E-state index contributed by atoms with van der Waals surface area (Å²) >= 11 is 0. The SMILES string of the molecule is CCC(CN)c1nc2cc(C)c(C)cc2[nH]1. The molecule has 1 heterocycles. The highest BCUT2D eigenvalue weighted by Crippen LogP contribution is 2.22. The van der Waals surface area contributed by atoms with Gasteiger partial charge in [-0.25, -0.2) is 4.98 Å². The molecule has 0 saturated heterocycles. The minimum absolute atomic E-state index is 0.341. The summed E-state index contributed by atoms with van der Waals surface area (Å²) in [5.41, 5.74) is 10.5. The Balaban J connectivity index is 2.51. The Bertz CT molecular complexity index is 456. The van der Waals surface area contributed by atoms with Crippen LogP contribution in [0.4, 0.5) is 0 Å². The molecule has 2 aromatic rings. The van der Waals surface area contributed by atoms with Gasteiger partial charge in [0.1, 0.15) is 5.82 Å². The molecule has 0 radical (unpaired) electrons. The molecule has 0 amide bonds. The van der Waals surface area contributed by atoms with E-state index in [-0.39, 0.29) is 0 Å². The summed E-state index contributed by atoms with van der Waals surface area (Å²) in [7, 11) is 0. The van der Waals surface area contributed by atoms with Crippen molar-refractivity contribution in [2.75, 3.05) is 6.54 Å². The van der Waals surface area contributed by atoms with Gasteiger partial charge in [-0.1, -0.05) is 6.92 Å². The number of benzene rings is 1. The van der Waals surface area contributed by atoms with Gasteiger partial charge in [-0.05, 0) is 43.5 Å². The minimum Gasteiger partial charge on any atom is -0.342 e. The summed E-state index contributed by atoms with van der Waals surface area (Å²) < 4.78 is 0. The topological polar surface area (TPSA) is 54.7 Å². The lowest BCUT2D eigenvalue weighted by atomic mass is 10.1. The molecule has 1 atom stereocenters. The number of rotatable bonds is 3. The molecule has 0 aliphatic heterocycles. The van der Waals surface area contributed by atoms with Crippen molar-refractivity contribution in [1.82, 2.24) is 9.97 Å². The van der Waals surface area contributed by atoms with E-state index in [1.54, 1.807) is 0 Å². The van der Waals surface area contributed by atoms with Gasteiger partial charge in [0, 0.05) is 12.5 Å². The number of nitrogens with one attached hydrogen (secondary N) is 1. The third-order valence-corrected chi connectivity index (χ3v) is 3.28. The van der Waals surface area contributed by atoms with Gasteiger partial charge >= 0.3 is 0 Å². The lowest BCUT2D eigenvalue weighted by Crippen LogP contribution is -2.12. The van der Waals surface area contributed by atoms with Crippen LogP contribution in [0, 0.1) is 13.8 Å². The van der Waals surface area contributed by atoms with E-state index in [4.69, 9.17) is 5.73 Å². The van der Waals surface area contributed by atoms with Crippen LogP contribution in [-0.2, 0) is 0 Å². The number of imidazole rings is 1. The first kappa shape index (κ1) is 11.1. The second-order valence-electron chi connectivity index (χ2n) is 4.42. The normalized spacial score (nSPS) is 13.2. The summed E-state index contributed by atoms with van der Waals surface area (Å²) in [4.78, 5) is 8.00. The van der Waals surface area contributed by atoms with Crippen molar-refractivity contribution in [3.8, 4) is 0 Å². The fraction of sp³-hybridized carbons (Fsp3) is 0.462. The molecule has 0 fully saturated rings. The zero-order valence-corrected chi connectivity index (χ0v) is 10.2. The Morgan fingerprint density at radius 2 is 2.00 bits per heavy atom. The molecule has 0 aliphatic rings. The Morgan fingerprint density at radius 1 is 1.31 bits per heavy atom. The van der Waals surface area contributed by atoms with Gasteiger partial charge in [0.2, 0.25) is 0 Å². The summed E-state index contributed by atoms with van der Waals surface area (Å²) in [6.45, 7) is 7.02. The first-order valence-corrected chi connectivity index (χ1v) is 5.82. The van der Waals surface area contributed by atoms with Crippen LogP contribution in [0.1, 0.15) is 36.2 Å². The fourth-order valence-electron chi connectivity index (χ4n) is 1.95. The second kappa shape index (κ2) is 4.26. The molecule has 1 aromatic heterocycles. The van der Waals surface area contributed by atoms with Crippen LogP contribution in [0.25, 0.3) is 11.0 Å². The minimum atomic E-state index is 0.341. The third-order valence-electron chi connectivity index (χ3n) is 3.28. The lowest BCUT2D eigenvalue weighted by Gasteiger charge is -2.07. The number of aromatic amines is 1. The summed E-state index contributed by atoms with van der Waals surface area (Å²) in [5.74, 6) is 1.36. The maximum atomic E-state index is 5.74. The lowest BCUT2D eigenvalue weighted by molar-refractivity contribution is 0.641. The summed E-state index contributed by atoms with van der Waals surface area (Å²) in [6.07, 6.45) is 1.02. The summed E-state index contributed by atoms with van der Waals surface area (Å²) in [6, 6.07) is 4.29. The average Bonchev–Trinajstić information content (AvgIpc) is 2.63. The van der Waals surface area contributed by atoms with Crippen LogP contribution in [0.2, 0.25) is 0 Å². The molecule has 16 heavy (non-hydrogen) atoms. The molecule has 1 aromatic carbocycles. The molecule has 0 bridgehead atoms. The van der Waals surface area contributed by atoms with Crippen molar-refractivity contribution >= 4 is 11.0 Å². The predicted octanol–water partition coefficient (Wildman–Crippen LogP) is 2.63. The number of aromatic nitrogens is 2. The van der Waals surface area contributed by atoms with Gasteiger partial charge in [-0.2, -0.15) is 0 Å². The van der Waals surface area contributed by atoms with Crippen LogP contribution in [0.3, 0.4) is 0 Å². The molecule has 0 spiro atoms. The molecule has 0 saturated carbocycles. The van der Waals surface area contributed by atoms with E-state index in [0.717, 1.165) is 23.3 Å². The van der Waals surface area contributed by atoms with E-state index in [2.05, 4.69) is 42.9 Å². The molecule has 3 N–H and O–H groups in total. The monoisotopic (exact) mass is 217 g/mol. The van der Waals surface area contributed by atoms with Crippen LogP contribution in [0.15, 0.2) is 12.1 Å². The number of hydrogen-bond donors (Lipinski definition) is 2. The van der Waals surface area contributed by atoms with Gasteiger partial charge in [0.05, 0.1) is 11.0 Å². The van der Waals surface area contributed by atoms with Crippen LogP contribution in [0.5, 0.6) is 0 Å². The van der Waals surface area contributed by atoms with Crippen LogP contribution >= 0.6 is 0 Å².